The summed E-state index contributed by atoms with van der Waals surface area (Å²) in [5.41, 5.74) is 0.960. The molecule has 1 fully saturated rings. The van der Waals surface area contributed by atoms with Crippen LogP contribution in [-0.2, 0) is 11.3 Å². The highest BCUT2D eigenvalue weighted by Crippen LogP contribution is 2.15. The van der Waals surface area contributed by atoms with Crippen LogP contribution in [0.25, 0.3) is 16.6 Å². The number of aryl methyl sites for hydroxylation is 1. The molecule has 0 N–H and O–H groups in total. The van der Waals surface area contributed by atoms with Crippen molar-refractivity contribution in [2.45, 2.75) is 33.2 Å². The molecule has 0 radical (unpaired) electrons. The minimum Gasteiger partial charge on any atom is -0.341 e. The van der Waals surface area contributed by atoms with Gasteiger partial charge < -0.3 is 4.90 Å². The molecule has 7 nitrogen and oxygen atoms in total. The third-order valence-corrected chi connectivity index (χ3v) is 5.56. The van der Waals surface area contributed by atoms with Crippen LogP contribution in [0.1, 0.15) is 35.7 Å². The van der Waals surface area contributed by atoms with Crippen LogP contribution < -0.4 is 11.2 Å². The summed E-state index contributed by atoms with van der Waals surface area (Å²) in [7, 11) is 0. The standard InChI is InChI=1S/C23H23N3O4/c1-15-8-9-20-19(12-15)22(29)26(18-7-5-6-17(13-18)16(2)27)23(30)25(20)14-21(28)24-10-3-4-11-24/h5-9,12-13H,3-4,10-11,14H2,1-2H3. The van der Waals surface area contributed by atoms with Gasteiger partial charge in [0.25, 0.3) is 5.56 Å². The molecule has 1 saturated heterocycles. The number of carbonyl (C=O) groups is 2. The van der Waals surface area contributed by atoms with Gasteiger partial charge in [-0.1, -0.05) is 23.8 Å². The van der Waals surface area contributed by atoms with Gasteiger partial charge >= 0.3 is 5.69 Å². The third kappa shape index (κ3) is 3.47. The van der Waals surface area contributed by atoms with Crippen molar-refractivity contribution in [1.29, 1.82) is 0 Å². The molecule has 0 saturated carbocycles. The van der Waals surface area contributed by atoms with Crippen LogP contribution in [0.15, 0.2) is 52.1 Å². The molecule has 3 aromatic rings. The fraction of sp³-hybridized carbons (Fsp3) is 0.304. The van der Waals surface area contributed by atoms with Crippen molar-refractivity contribution in [3.63, 3.8) is 0 Å². The van der Waals surface area contributed by atoms with E-state index in [1.165, 1.54) is 17.6 Å². The Morgan fingerprint density at radius 3 is 2.43 bits per heavy atom. The van der Waals surface area contributed by atoms with Gasteiger partial charge in [-0.3, -0.25) is 19.0 Å². The second-order valence-corrected chi connectivity index (χ2v) is 7.72. The quantitative estimate of drug-likeness (QED) is 0.624. The number of nitrogens with zero attached hydrogens (tertiary/aromatic N) is 3. The van der Waals surface area contributed by atoms with Gasteiger partial charge in [-0.2, -0.15) is 0 Å². The lowest BCUT2D eigenvalue weighted by Crippen LogP contribution is -2.42. The summed E-state index contributed by atoms with van der Waals surface area (Å²) in [6.45, 7) is 4.53. The zero-order chi connectivity index (χ0) is 21.4. The van der Waals surface area contributed by atoms with E-state index in [-0.39, 0.29) is 18.2 Å². The molecule has 30 heavy (non-hydrogen) atoms. The van der Waals surface area contributed by atoms with Gasteiger partial charge in [-0.15, -0.1) is 0 Å². The Balaban J connectivity index is 1.96. The molecule has 7 heteroatoms. The fourth-order valence-electron chi connectivity index (χ4n) is 3.93. The highest BCUT2D eigenvalue weighted by Gasteiger charge is 2.22. The first-order chi connectivity index (χ1) is 14.4. The minimum absolute atomic E-state index is 0.134. The average Bonchev–Trinajstić information content (AvgIpc) is 3.26. The van der Waals surface area contributed by atoms with Crippen molar-refractivity contribution in [3.8, 4) is 5.69 Å². The van der Waals surface area contributed by atoms with Crippen LogP contribution in [0, 0.1) is 6.92 Å². The summed E-state index contributed by atoms with van der Waals surface area (Å²) in [6, 6.07) is 11.7. The van der Waals surface area contributed by atoms with Crippen molar-refractivity contribution < 1.29 is 9.59 Å². The lowest BCUT2D eigenvalue weighted by Gasteiger charge is -2.18. The molecule has 154 valence electrons. The maximum absolute atomic E-state index is 13.4. The second kappa shape index (κ2) is 7.74. The molecule has 1 aromatic heterocycles. The summed E-state index contributed by atoms with van der Waals surface area (Å²) >= 11 is 0. The van der Waals surface area contributed by atoms with Gasteiger partial charge in [0, 0.05) is 18.7 Å². The predicted octanol–water partition coefficient (Wildman–Crippen LogP) is 2.29. The first-order valence-electron chi connectivity index (χ1n) is 10.0. The lowest BCUT2D eigenvalue weighted by molar-refractivity contribution is -0.130. The summed E-state index contributed by atoms with van der Waals surface area (Å²) < 4.78 is 2.41. The number of carbonyl (C=O) groups excluding carboxylic acids is 2. The maximum Gasteiger partial charge on any atom is 0.336 e. The molecule has 2 heterocycles. The van der Waals surface area contributed by atoms with Crippen LogP contribution in [0.4, 0.5) is 0 Å². The van der Waals surface area contributed by atoms with E-state index in [0.29, 0.717) is 35.2 Å². The Hall–Kier alpha value is -3.48. The monoisotopic (exact) mass is 405 g/mol. The normalized spacial score (nSPS) is 13.7. The summed E-state index contributed by atoms with van der Waals surface area (Å²) in [6.07, 6.45) is 1.91. The van der Waals surface area contributed by atoms with Crippen molar-refractivity contribution in [1.82, 2.24) is 14.0 Å². The molecule has 1 amide bonds. The van der Waals surface area contributed by atoms with Gasteiger partial charge in [0.15, 0.2) is 5.78 Å². The third-order valence-electron chi connectivity index (χ3n) is 5.56. The first kappa shape index (κ1) is 19.8. The van der Waals surface area contributed by atoms with Crippen LogP contribution in [0.2, 0.25) is 0 Å². The van der Waals surface area contributed by atoms with Crippen LogP contribution in [0.5, 0.6) is 0 Å². The van der Waals surface area contributed by atoms with E-state index < -0.39 is 11.2 Å². The number of amides is 1. The Morgan fingerprint density at radius 2 is 1.73 bits per heavy atom. The van der Waals surface area contributed by atoms with Crippen LogP contribution >= 0.6 is 0 Å². The number of hydrogen-bond acceptors (Lipinski definition) is 4. The predicted molar refractivity (Wildman–Crippen MR) is 114 cm³/mol. The van der Waals surface area contributed by atoms with Crippen molar-refractivity contribution >= 4 is 22.6 Å². The number of aromatic nitrogens is 2. The largest absolute Gasteiger partial charge is 0.341 e. The summed E-state index contributed by atoms with van der Waals surface area (Å²) in [5, 5.41) is 0.358. The molecule has 0 atom stereocenters. The van der Waals surface area contributed by atoms with E-state index >= 15 is 0 Å². The number of fused-ring (bicyclic) bond motifs is 1. The molecule has 4 rings (SSSR count). The Morgan fingerprint density at radius 1 is 1.00 bits per heavy atom. The van der Waals surface area contributed by atoms with E-state index in [1.54, 1.807) is 35.2 Å². The number of benzene rings is 2. The molecule has 1 aliphatic rings. The number of ketones is 1. The zero-order valence-corrected chi connectivity index (χ0v) is 17.1. The summed E-state index contributed by atoms with van der Waals surface area (Å²) in [5.74, 6) is -0.301. The second-order valence-electron chi connectivity index (χ2n) is 7.72. The lowest BCUT2D eigenvalue weighted by atomic mass is 10.1. The van der Waals surface area contributed by atoms with E-state index in [0.717, 1.165) is 23.0 Å². The summed E-state index contributed by atoms with van der Waals surface area (Å²) in [4.78, 5) is 53.0. The molecule has 0 spiro atoms. The van der Waals surface area contributed by atoms with Gasteiger partial charge in [0.2, 0.25) is 5.91 Å². The molecular formula is C23H23N3O4. The average molecular weight is 405 g/mol. The van der Waals surface area contributed by atoms with Gasteiger partial charge in [-0.05, 0) is 51.0 Å². The number of Topliss-reactive ketones (excluding diaryl/α,β-unsaturated/α-hetero) is 1. The van der Waals surface area contributed by atoms with E-state index in [9.17, 15) is 19.2 Å². The van der Waals surface area contributed by atoms with E-state index in [1.807, 2.05) is 13.0 Å². The smallest absolute Gasteiger partial charge is 0.336 e. The number of likely N-dealkylation sites (tertiary alicyclic amines) is 1. The molecule has 0 bridgehead atoms. The zero-order valence-electron chi connectivity index (χ0n) is 17.1. The highest BCUT2D eigenvalue weighted by atomic mass is 16.2. The maximum atomic E-state index is 13.4. The van der Waals surface area contributed by atoms with E-state index in [4.69, 9.17) is 0 Å². The molecule has 0 unspecified atom stereocenters. The highest BCUT2D eigenvalue weighted by molar-refractivity contribution is 5.94. The molecular weight excluding hydrogens is 382 g/mol. The topological polar surface area (TPSA) is 81.4 Å². The number of hydrogen-bond donors (Lipinski definition) is 0. The minimum atomic E-state index is -0.593. The molecule has 1 aliphatic heterocycles. The SMILES string of the molecule is CC(=O)c1cccc(-n2c(=O)c3cc(C)ccc3n(CC(=O)N3CCCC3)c2=O)c1. The molecule has 0 aliphatic carbocycles. The van der Waals surface area contributed by atoms with Crippen LogP contribution in [-0.4, -0.2) is 38.8 Å². The van der Waals surface area contributed by atoms with Gasteiger partial charge in [0.1, 0.15) is 6.54 Å². The Labute approximate surface area is 173 Å². The Kier molecular flexibility index (Phi) is 5.11. The number of rotatable bonds is 4. The Bertz CT molecular complexity index is 1280. The van der Waals surface area contributed by atoms with Crippen LogP contribution in [0.3, 0.4) is 0 Å². The van der Waals surface area contributed by atoms with Crippen molar-refractivity contribution in [2.24, 2.45) is 0 Å². The first-order valence-corrected chi connectivity index (χ1v) is 10.0. The molecule has 2 aromatic carbocycles. The van der Waals surface area contributed by atoms with E-state index in [2.05, 4.69) is 0 Å². The van der Waals surface area contributed by atoms with Gasteiger partial charge in [0.05, 0.1) is 16.6 Å². The van der Waals surface area contributed by atoms with Gasteiger partial charge in [-0.25, -0.2) is 9.36 Å². The van der Waals surface area contributed by atoms with Crippen molar-refractivity contribution in [2.75, 3.05) is 13.1 Å². The van der Waals surface area contributed by atoms with Crippen molar-refractivity contribution in [3.05, 3.63) is 74.4 Å². The fourth-order valence-corrected chi connectivity index (χ4v) is 3.93.